The number of halogens is 1. The molecule has 3 nitrogen and oxygen atoms in total. The second-order valence-electron chi connectivity index (χ2n) is 4.74. The third kappa shape index (κ3) is 3.05. The van der Waals surface area contributed by atoms with Crippen molar-refractivity contribution in [2.45, 2.75) is 6.42 Å². The van der Waals surface area contributed by atoms with Crippen LogP contribution in [0.1, 0.15) is 15.9 Å². The Bertz CT molecular complexity index is 765. The standard InChI is InChI=1S/C17H13FN2O/c18-15-6-4-5-13(9-15)10-17(21)14-11-19-20(12-14)16-7-2-1-3-8-16/h1-9,11-12H,10H2. The van der Waals surface area contributed by atoms with E-state index in [-0.39, 0.29) is 18.0 Å². The lowest BCUT2D eigenvalue weighted by molar-refractivity contribution is 0.0993. The van der Waals surface area contributed by atoms with Gasteiger partial charge in [-0.15, -0.1) is 0 Å². The Kier molecular flexibility index (Phi) is 3.60. The molecular weight excluding hydrogens is 267 g/mol. The fourth-order valence-corrected chi connectivity index (χ4v) is 2.12. The summed E-state index contributed by atoms with van der Waals surface area (Å²) >= 11 is 0. The number of para-hydroxylation sites is 1. The van der Waals surface area contributed by atoms with Crippen LogP contribution in [0.3, 0.4) is 0 Å². The van der Waals surface area contributed by atoms with Crippen molar-refractivity contribution in [3.63, 3.8) is 0 Å². The molecule has 0 amide bonds. The van der Waals surface area contributed by atoms with Crippen molar-refractivity contribution in [2.75, 3.05) is 0 Å². The van der Waals surface area contributed by atoms with E-state index in [9.17, 15) is 9.18 Å². The number of hydrogen-bond acceptors (Lipinski definition) is 2. The highest BCUT2D eigenvalue weighted by atomic mass is 19.1. The van der Waals surface area contributed by atoms with Crippen LogP contribution in [0, 0.1) is 5.82 Å². The molecule has 4 heteroatoms. The molecule has 0 saturated carbocycles. The van der Waals surface area contributed by atoms with Gasteiger partial charge in [-0.1, -0.05) is 30.3 Å². The maximum atomic E-state index is 13.1. The Hall–Kier alpha value is -2.75. The van der Waals surface area contributed by atoms with Crippen molar-refractivity contribution in [2.24, 2.45) is 0 Å². The number of rotatable bonds is 4. The zero-order valence-electron chi connectivity index (χ0n) is 11.2. The first-order valence-corrected chi connectivity index (χ1v) is 6.60. The highest BCUT2D eigenvalue weighted by Crippen LogP contribution is 2.11. The van der Waals surface area contributed by atoms with Crippen molar-refractivity contribution in [3.05, 3.63) is 83.9 Å². The molecule has 1 aromatic heterocycles. The summed E-state index contributed by atoms with van der Waals surface area (Å²) in [5, 5.41) is 4.19. The maximum Gasteiger partial charge on any atom is 0.170 e. The van der Waals surface area contributed by atoms with Gasteiger partial charge in [-0.2, -0.15) is 5.10 Å². The largest absolute Gasteiger partial charge is 0.294 e. The van der Waals surface area contributed by atoms with Crippen LogP contribution >= 0.6 is 0 Å². The lowest BCUT2D eigenvalue weighted by Crippen LogP contribution is -2.02. The predicted molar refractivity (Wildman–Crippen MR) is 78.0 cm³/mol. The molecular formula is C17H13FN2O. The quantitative estimate of drug-likeness (QED) is 0.686. The number of aromatic nitrogens is 2. The molecule has 0 N–H and O–H groups in total. The van der Waals surface area contributed by atoms with Crippen LogP contribution < -0.4 is 0 Å². The first-order chi connectivity index (χ1) is 10.2. The van der Waals surface area contributed by atoms with Crippen molar-refractivity contribution < 1.29 is 9.18 Å². The van der Waals surface area contributed by atoms with E-state index in [1.807, 2.05) is 30.3 Å². The lowest BCUT2D eigenvalue weighted by Gasteiger charge is -2.00. The van der Waals surface area contributed by atoms with Crippen LogP contribution in [-0.2, 0) is 6.42 Å². The van der Waals surface area contributed by atoms with Gasteiger partial charge in [-0.25, -0.2) is 9.07 Å². The number of hydrogen-bond donors (Lipinski definition) is 0. The second kappa shape index (κ2) is 5.71. The summed E-state index contributed by atoms with van der Waals surface area (Å²) < 4.78 is 14.8. The fourth-order valence-electron chi connectivity index (χ4n) is 2.12. The average molecular weight is 280 g/mol. The molecule has 0 radical (unpaired) electrons. The molecule has 3 rings (SSSR count). The van der Waals surface area contributed by atoms with E-state index in [4.69, 9.17) is 0 Å². The summed E-state index contributed by atoms with van der Waals surface area (Å²) in [4.78, 5) is 12.2. The highest BCUT2D eigenvalue weighted by molar-refractivity contribution is 5.97. The molecule has 0 fully saturated rings. The summed E-state index contributed by atoms with van der Waals surface area (Å²) in [6.45, 7) is 0. The third-order valence-electron chi connectivity index (χ3n) is 3.18. The van der Waals surface area contributed by atoms with Crippen LogP contribution in [0.4, 0.5) is 4.39 Å². The summed E-state index contributed by atoms with van der Waals surface area (Å²) in [5.74, 6) is -0.414. The normalized spacial score (nSPS) is 10.5. The second-order valence-corrected chi connectivity index (χ2v) is 4.74. The van der Waals surface area contributed by atoms with Gasteiger partial charge < -0.3 is 0 Å². The minimum Gasteiger partial charge on any atom is -0.294 e. The lowest BCUT2D eigenvalue weighted by atomic mass is 10.1. The number of ketones is 1. The molecule has 0 aliphatic carbocycles. The van der Waals surface area contributed by atoms with Crippen molar-refractivity contribution in [3.8, 4) is 5.69 Å². The average Bonchev–Trinajstić information content (AvgIpc) is 2.98. The van der Waals surface area contributed by atoms with E-state index in [0.717, 1.165) is 5.69 Å². The smallest absolute Gasteiger partial charge is 0.170 e. The Morgan fingerprint density at radius 3 is 2.67 bits per heavy atom. The minimum atomic E-state index is -0.333. The number of carbonyl (C=O) groups excluding carboxylic acids is 1. The molecule has 1 heterocycles. The predicted octanol–water partition coefficient (Wildman–Crippen LogP) is 3.44. The van der Waals surface area contributed by atoms with Crippen LogP contribution in [-0.4, -0.2) is 15.6 Å². The van der Waals surface area contributed by atoms with Gasteiger partial charge in [-0.3, -0.25) is 4.79 Å². The van der Waals surface area contributed by atoms with Crippen molar-refractivity contribution >= 4 is 5.78 Å². The maximum absolute atomic E-state index is 13.1. The highest BCUT2D eigenvalue weighted by Gasteiger charge is 2.10. The first-order valence-electron chi connectivity index (χ1n) is 6.60. The SMILES string of the molecule is O=C(Cc1cccc(F)c1)c1cnn(-c2ccccc2)c1. The first kappa shape index (κ1) is 13.2. The molecule has 0 saturated heterocycles. The number of carbonyl (C=O) groups is 1. The van der Waals surface area contributed by atoms with E-state index in [1.54, 1.807) is 23.0 Å². The van der Waals surface area contributed by atoms with Crippen LogP contribution in [0.2, 0.25) is 0 Å². The van der Waals surface area contributed by atoms with Crippen molar-refractivity contribution in [1.82, 2.24) is 9.78 Å². The van der Waals surface area contributed by atoms with Gasteiger partial charge in [0.15, 0.2) is 5.78 Å². The Labute approximate surface area is 121 Å². The Morgan fingerprint density at radius 2 is 1.90 bits per heavy atom. The van der Waals surface area contributed by atoms with E-state index in [0.29, 0.717) is 11.1 Å². The molecule has 0 atom stereocenters. The van der Waals surface area contributed by atoms with Crippen molar-refractivity contribution in [1.29, 1.82) is 0 Å². The fraction of sp³-hybridized carbons (Fsp3) is 0.0588. The van der Waals surface area contributed by atoms with Gasteiger partial charge in [0.2, 0.25) is 0 Å². The Morgan fingerprint density at radius 1 is 1.10 bits per heavy atom. The molecule has 0 unspecified atom stereocenters. The zero-order valence-corrected chi connectivity index (χ0v) is 11.2. The van der Waals surface area contributed by atoms with Gasteiger partial charge in [0.05, 0.1) is 17.4 Å². The van der Waals surface area contributed by atoms with E-state index in [1.165, 1.54) is 18.3 Å². The third-order valence-corrected chi connectivity index (χ3v) is 3.18. The van der Waals surface area contributed by atoms with Gasteiger partial charge >= 0.3 is 0 Å². The molecule has 21 heavy (non-hydrogen) atoms. The van der Waals surface area contributed by atoms with Gasteiger partial charge in [0, 0.05) is 12.6 Å². The van der Waals surface area contributed by atoms with Crippen LogP contribution in [0.5, 0.6) is 0 Å². The van der Waals surface area contributed by atoms with Gasteiger partial charge in [0.1, 0.15) is 5.82 Å². The zero-order chi connectivity index (χ0) is 14.7. The molecule has 3 aromatic rings. The molecule has 2 aromatic carbocycles. The number of benzene rings is 2. The summed E-state index contributed by atoms with van der Waals surface area (Å²) in [5.41, 5.74) is 2.07. The summed E-state index contributed by atoms with van der Waals surface area (Å²) in [6, 6.07) is 15.6. The molecule has 0 aliphatic heterocycles. The van der Waals surface area contributed by atoms with Gasteiger partial charge in [0.25, 0.3) is 0 Å². The van der Waals surface area contributed by atoms with Crippen LogP contribution in [0.25, 0.3) is 5.69 Å². The number of Topliss-reactive ketones (excluding diaryl/α,β-unsaturated/α-hetero) is 1. The topological polar surface area (TPSA) is 34.9 Å². The molecule has 104 valence electrons. The Balaban J connectivity index is 1.78. The summed E-state index contributed by atoms with van der Waals surface area (Å²) in [6.07, 6.45) is 3.39. The van der Waals surface area contributed by atoms with E-state index in [2.05, 4.69) is 5.10 Å². The van der Waals surface area contributed by atoms with Gasteiger partial charge in [-0.05, 0) is 29.8 Å². The summed E-state index contributed by atoms with van der Waals surface area (Å²) in [7, 11) is 0. The van der Waals surface area contributed by atoms with E-state index < -0.39 is 0 Å². The number of nitrogens with zero attached hydrogens (tertiary/aromatic N) is 2. The van der Waals surface area contributed by atoms with Crippen LogP contribution in [0.15, 0.2) is 67.0 Å². The molecule has 0 spiro atoms. The minimum absolute atomic E-state index is 0.0808. The monoisotopic (exact) mass is 280 g/mol. The molecule has 0 bridgehead atoms. The molecule has 0 aliphatic rings. The van der Waals surface area contributed by atoms with E-state index >= 15 is 0 Å².